The molecule has 1 aromatic carbocycles. The maximum absolute atomic E-state index is 11.5. The Labute approximate surface area is 161 Å². The Hall–Kier alpha value is -2.50. The summed E-state index contributed by atoms with van der Waals surface area (Å²) in [6.07, 6.45) is 0.524. The quantitative estimate of drug-likeness (QED) is 0.358. The summed E-state index contributed by atoms with van der Waals surface area (Å²) < 4.78 is 15.4. The van der Waals surface area contributed by atoms with Crippen LogP contribution in [-0.4, -0.2) is 38.4 Å². The van der Waals surface area contributed by atoms with E-state index in [4.69, 9.17) is 14.2 Å². The second kappa shape index (κ2) is 12.0. The Morgan fingerprint density at radius 2 is 1.74 bits per heavy atom. The third-order valence-corrected chi connectivity index (χ3v) is 4.09. The van der Waals surface area contributed by atoms with Crippen LogP contribution in [0.5, 0.6) is 5.75 Å². The standard InChI is InChI=1S/C21H31NO5/c1-6-19(15(2)3)17-7-9-18(10-8-17)25-13-14-27-21(24)22-11-12-26-20(23)16(4)5/h7-10,15,19H,4,6,11-14H2,1-3,5H3,(H,22,24). The molecule has 0 saturated heterocycles. The molecule has 1 aromatic rings. The van der Waals surface area contributed by atoms with Crippen molar-refractivity contribution in [2.45, 2.75) is 40.0 Å². The van der Waals surface area contributed by atoms with Gasteiger partial charge in [-0.3, -0.25) is 0 Å². The van der Waals surface area contributed by atoms with Gasteiger partial charge in [-0.25, -0.2) is 9.59 Å². The molecule has 0 heterocycles. The minimum Gasteiger partial charge on any atom is -0.490 e. The summed E-state index contributed by atoms with van der Waals surface area (Å²) >= 11 is 0. The van der Waals surface area contributed by atoms with E-state index in [1.165, 1.54) is 5.56 Å². The Balaban J connectivity index is 2.21. The zero-order valence-electron chi connectivity index (χ0n) is 16.7. The first-order valence-electron chi connectivity index (χ1n) is 9.31. The van der Waals surface area contributed by atoms with E-state index in [0.717, 1.165) is 12.2 Å². The fraction of sp³-hybridized carbons (Fsp3) is 0.524. The van der Waals surface area contributed by atoms with E-state index in [1.807, 2.05) is 12.1 Å². The highest BCUT2D eigenvalue weighted by atomic mass is 16.6. The minimum atomic E-state index is -0.581. The number of ether oxygens (including phenoxy) is 3. The second-order valence-electron chi connectivity index (χ2n) is 6.66. The van der Waals surface area contributed by atoms with E-state index < -0.39 is 12.1 Å². The van der Waals surface area contributed by atoms with Crippen LogP contribution in [0, 0.1) is 5.92 Å². The number of amides is 1. The van der Waals surface area contributed by atoms with Crippen LogP contribution in [0.2, 0.25) is 0 Å². The molecule has 0 radical (unpaired) electrons. The lowest BCUT2D eigenvalue weighted by molar-refractivity contribution is -0.138. The first-order valence-corrected chi connectivity index (χ1v) is 9.31. The fourth-order valence-corrected chi connectivity index (χ4v) is 2.67. The van der Waals surface area contributed by atoms with Gasteiger partial charge in [0.15, 0.2) is 0 Å². The molecule has 0 bridgehead atoms. The SMILES string of the molecule is C=C(C)C(=O)OCCNC(=O)OCCOc1ccc(C(CC)C(C)C)cc1. The van der Waals surface area contributed by atoms with Crippen LogP contribution >= 0.6 is 0 Å². The van der Waals surface area contributed by atoms with Gasteiger partial charge < -0.3 is 19.5 Å². The number of hydrogen-bond donors (Lipinski definition) is 1. The smallest absolute Gasteiger partial charge is 0.407 e. The molecule has 1 amide bonds. The van der Waals surface area contributed by atoms with Gasteiger partial charge in [-0.05, 0) is 42.9 Å². The number of esters is 1. The summed E-state index contributed by atoms with van der Waals surface area (Å²) in [5.74, 6) is 1.40. The van der Waals surface area contributed by atoms with Crippen LogP contribution in [0.25, 0.3) is 0 Å². The van der Waals surface area contributed by atoms with Crippen molar-refractivity contribution in [2.75, 3.05) is 26.4 Å². The van der Waals surface area contributed by atoms with E-state index in [1.54, 1.807) is 6.92 Å². The van der Waals surface area contributed by atoms with E-state index in [2.05, 4.69) is 44.8 Å². The molecule has 1 atom stereocenters. The molecule has 0 aliphatic carbocycles. The van der Waals surface area contributed by atoms with Crippen LogP contribution < -0.4 is 10.1 Å². The highest BCUT2D eigenvalue weighted by molar-refractivity contribution is 5.86. The van der Waals surface area contributed by atoms with Crippen molar-refractivity contribution >= 4 is 12.1 Å². The summed E-state index contributed by atoms with van der Waals surface area (Å²) in [5.41, 5.74) is 1.63. The lowest BCUT2D eigenvalue weighted by atomic mass is 9.86. The molecule has 0 saturated carbocycles. The largest absolute Gasteiger partial charge is 0.490 e. The number of benzene rings is 1. The highest BCUT2D eigenvalue weighted by Crippen LogP contribution is 2.28. The molecule has 1 unspecified atom stereocenters. The molecule has 0 spiro atoms. The molecule has 6 heteroatoms. The summed E-state index contributed by atoms with van der Waals surface area (Å²) in [5, 5.41) is 2.49. The molecule has 6 nitrogen and oxygen atoms in total. The van der Waals surface area contributed by atoms with Gasteiger partial charge in [0, 0.05) is 5.57 Å². The number of carbonyl (C=O) groups excluding carboxylic acids is 2. The Morgan fingerprint density at radius 1 is 1.07 bits per heavy atom. The maximum atomic E-state index is 11.5. The van der Waals surface area contributed by atoms with Crippen molar-refractivity contribution in [3.63, 3.8) is 0 Å². The summed E-state index contributed by atoms with van der Waals surface area (Å²) in [7, 11) is 0. The van der Waals surface area contributed by atoms with Crippen molar-refractivity contribution < 1.29 is 23.8 Å². The lowest BCUT2D eigenvalue weighted by Crippen LogP contribution is -2.29. The van der Waals surface area contributed by atoms with Gasteiger partial charge >= 0.3 is 12.1 Å². The van der Waals surface area contributed by atoms with Crippen LogP contribution in [0.1, 0.15) is 45.6 Å². The fourth-order valence-electron chi connectivity index (χ4n) is 2.67. The van der Waals surface area contributed by atoms with Crippen molar-refractivity contribution in [2.24, 2.45) is 5.92 Å². The van der Waals surface area contributed by atoms with Crippen molar-refractivity contribution in [1.29, 1.82) is 0 Å². The van der Waals surface area contributed by atoms with Gasteiger partial charge in [-0.15, -0.1) is 0 Å². The van der Waals surface area contributed by atoms with Gasteiger partial charge in [-0.2, -0.15) is 0 Å². The molecule has 1 N–H and O–H groups in total. The van der Waals surface area contributed by atoms with Crippen LogP contribution in [0.4, 0.5) is 4.79 Å². The van der Waals surface area contributed by atoms with Gasteiger partial charge in [0.05, 0.1) is 6.54 Å². The normalized spacial score (nSPS) is 11.6. The number of hydrogen-bond acceptors (Lipinski definition) is 5. The third kappa shape index (κ3) is 8.62. The maximum Gasteiger partial charge on any atom is 0.407 e. The molecule has 0 fully saturated rings. The first-order chi connectivity index (χ1) is 12.8. The molecule has 0 aliphatic rings. The molecule has 0 aliphatic heterocycles. The molecule has 1 rings (SSSR count). The first kappa shape index (κ1) is 22.5. The summed E-state index contributed by atoms with van der Waals surface area (Å²) in [6, 6.07) is 8.05. The van der Waals surface area contributed by atoms with Crippen molar-refractivity contribution in [3.8, 4) is 5.75 Å². The van der Waals surface area contributed by atoms with E-state index in [0.29, 0.717) is 17.4 Å². The highest BCUT2D eigenvalue weighted by Gasteiger charge is 2.13. The van der Waals surface area contributed by atoms with Crippen molar-refractivity contribution in [3.05, 3.63) is 42.0 Å². The summed E-state index contributed by atoms with van der Waals surface area (Å²) in [6.45, 7) is 12.3. The average molecular weight is 377 g/mol. The number of alkyl carbamates (subject to hydrolysis) is 1. The predicted octanol–water partition coefficient (Wildman–Crippen LogP) is 4.06. The molecular formula is C21H31NO5. The van der Waals surface area contributed by atoms with Crippen LogP contribution in [0.15, 0.2) is 36.4 Å². The predicted molar refractivity (Wildman–Crippen MR) is 105 cm³/mol. The second-order valence-corrected chi connectivity index (χ2v) is 6.66. The topological polar surface area (TPSA) is 73.9 Å². The number of rotatable bonds is 11. The van der Waals surface area contributed by atoms with Gasteiger partial charge in [0.25, 0.3) is 0 Å². The lowest BCUT2D eigenvalue weighted by Gasteiger charge is -2.19. The zero-order valence-corrected chi connectivity index (χ0v) is 16.7. The Kier molecular flexibility index (Phi) is 10.0. The molecular weight excluding hydrogens is 346 g/mol. The van der Waals surface area contributed by atoms with E-state index in [9.17, 15) is 9.59 Å². The number of nitrogens with one attached hydrogen (secondary N) is 1. The minimum absolute atomic E-state index is 0.0682. The number of carbonyl (C=O) groups is 2. The summed E-state index contributed by atoms with van der Waals surface area (Å²) in [4.78, 5) is 22.7. The van der Waals surface area contributed by atoms with Gasteiger partial charge in [0.1, 0.15) is 25.6 Å². The van der Waals surface area contributed by atoms with Crippen LogP contribution in [-0.2, 0) is 14.3 Å². The van der Waals surface area contributed by atoms with Gasteiger partial charge in [0.2, 0.25) is 0 Å². The van der Waals surface area contributed by atoms with Crippen LogP contribution in [0.3, 0.4) is 0 Å². The van der Waals surface area contributed by atoms with E-state index >= 15 is 0 Å². The Morgan fingerprint density at radius 3 is 2.30 bits per heavy atom. The van der Waals surface area contributed by atoms with E-state index in [-0.39, 0.29) is 26.4 Å². The van der Waals surface area contributed by atoms with Crippen molar-refractivity contribution in [1.82, 2.24) is 5.32 Å². The monoisotopic (exact) mass is 377 g/mol. The average Bonchev–Trinajstić information content (AvgIpc) is 2.63. The van der Waals surface area contributed by atoms with Gasteiger partial charge in [-0.1, -0.05) is 39.5 Å². The zero-order chi connectivity index (χ0) is 20.2. The molecule has 27 heavy (non-hydrogen) atoms. The third-order valence-electron chi connectivity index (χ3n) is 4.09. The molecule has 0 aromatic heterocycles. The molecule has 150 valence electrons. The Bertz CT molecular complexity index is 610.